The third-order valence-corrected chi connectivity index (χ3v) is 6.30. The van der Waals surface area contributed by atoms with E-state index in [0.29, 0.717) is 13.1 Å². The fourth-order valence-corrected chi connectivity index (χ4v) is 3.99. The first-order valence-corrected chi connectivity index (χ1v) is 9.45. The molecule has 0 aromatic heterocycles. The maximum atomic E-state index is 12.4. The summed E-state index contributed by atoms with van der Waals surface area (Å²) in [6, 6.07) is 6.60. The second-order valence-electron chi connectivity index (χ2n) is 5.74. The number of amides is 1. The largest absolute Gasteiger partial charge is 0.349 e. The van der Waals surface area contributed by atoms with Crippen LogP contribution in [0.5, 0.6) is 0 Å². The molecule has 2 rings (SSSR count). The van der Waals surface area contributed by atoms with E-state index in [1.807, 2.05) is 20.8 Å². The van der Waals surface area contributed by atoms with E-state index < -0.39 is 10.0 Å². The van der Waals surface area contributed by atoms with Crippen molar-refractivity contribution in [3.63, 3.8) is 0 Å². The van der Waals surface area contributed by atoms with Gasteiger partial charge in [0.2, 0.25) is 15.9 Å². The van der Waals surface area contributed by atoms with E-state index in [-0.39, 0.29) is 22.8 Å². The molecule has 1 aliphatic heterocycles. The summed E-state index contributed by atoms with van der Waals surface area (Å²) in [4.78, 5) is 12.2. The number of carbonyl (C=O) groups excluding carboxylic acids is 1. The van der Waals surface area contributed by atoms with Crippen molar-refractivity contribution in [2.45, 2.75) is 31.7 Å². The van der Waals surface area contributed by atoms with Gasteiger partial charge in [0.25, 0.3) is 0 Å². The third-order valence-electron chi connectivity index (χ3n) is 4.23. The van der Waals surface area contributed by atoms with Gasteiger partial charge in [0.15, 0.2) is 0 Å². The summed E-state index contributed by atoms with van der Waals surface area (Å²) in [5.74, 6) is 0.0795. The molecule has 1 saturated heterocycles. The topological polar surface area (TPSA) is 78.5 Å². The fraction of sp³-hybridized carbons (Fsp3) is 0.562. The highest BCUT2D eigenvalue weighted by Gasteiger charge is 2.26. The number of carbonyl (C=O) groups is 1. The normalized spacial score (nSPS) is 16.9. The first-order valence-electron chi connectivity index (χ1n) is 8.01. The molecule has 0 spiro atoms. The molecule has 0 bridgehead atoms. The summed E-state index contributed by atoms with van der Waals surface area (Å²) in [7, 11) is -3.44. The van der Waals surface area contributed by atoms with Crippen LogP contribution >= 0.6 is 0 Å². The number of hydrogen-bond donors (Lipinski definition) is 2. The SMILES string of the molecule is CCN(CC)S(=O)(=O)c1ccc(C(C)NC(=O)C2CNC2)cc1. The zero-order valence-corrected chi connectivity index (χ0v) is 14.7. The number of nitrogens with zero attached hydrogens (tertiary/aromatic N) is 1. The van der Waals surface area contributed by atoms with E-state index in [2.05, 4.69) is 10.6 Å². The molecule has 7 heteroatoms. The molecule has 6 nitrogen and oxygen atoms in total. The number of hydrogen-bond acceptors (Lipinski definition) is 4. The second kappa shape index (κ2) is 7.42. The van der Waals surface area contributed by atoms with Crippen LogP contribution in [0.1, 0.15) is 32.4 Å². The molecule has 2 N–H and O–H groups in total. The molecule has 1 heterocycles. The van der Waals surface area contributed by atoms with Gasteiger partial charge >= 0.3 is 0 Å². The van der Waals surface area contributed by atoms with Crippen LogP contribution in [-0.4, -0.2) is 44.8 Å². The van der Waals surface area contributed by atoms with Gasteiger partial charge in [-0.15, -0.1) is 0 Å². The Kier molecular flexibility index (Phi) is 5.78. The maximum absolute atomic E-state index is 12.4. The Morgan fingerprint density at radius 3 is 2.26 bits per heavy atom. The first-order chi connectivity index (χ1) is 10.9. The average molecular weight is 339 g/mol. The van der Waals surface area contributed by atoms with Gasteiger partial charge in [-0.3, -0.25) is 4.79 Å². The van der Waals surface area contributed by atoms with Crippen LogP contribution in [-0.2, 0) is 14.8 Å². The van der Waals surface area contributed by atoms with E-state index in [4.69, 9.17) is 0 Å². The van der Waals surface area contributed by atoms with Crippen molar-refractivity contribution in [2.24, 2.45) is 5.92 Å². The molecule has 1 fully saturated rings. The summed E-state index contributed by atoms with van der Waals surface area (Å²) in [6.45, 7) is 7.88. The van der Waals surface area contributed by atoms with Crippen molar-refractivity contribution in [3.05, 3.63) is 29.8 Å². The molecular formula is C16H25N3O3S. The zero-order valence-electron chi connectivity index (χ0n) is 13.9. The highest BCUT2D eigenvalue weighted by atomic mass is 32.2. The van der Waals surface area contributed by atoms with Crippen molar-refractivity contribution in [1.82, 2.24) is 14.9 Å². The standard InChI is InChI=1S/C16H25N3O3S/c1-4-19(5-2)23(21,22)15-8-6-13(7-9-15)12(3)18-16(20)14-10-17-11-14/h6-9,12,14,17H,4-5,10-11H2,1-3H3,(H,18,20). The van der Waals surface area contributed by atoms with Crippen molar-refractivity contribution < 1.29 is 13.2 Å². The van der Waals surface area contributed by atoms with Crippen LogP contribution in [0.2, 0.25) is 0 Å². The average Bonchev–Trinajstić information content (AvgIpc) is 2.46. The summed E-state index contributed by atoms with van der Waals surface area (Å²) >= 11 is 0. The van der Waals surface area contributed by atoms with Crippen LogP contribution in [0.4, 0.5) is 0 Å². The summed E-state index contributed by atoms with van der Waals surface area (Å²) < 4.78 is 26.3. The van der Waals surface area contributed by atoms with Gasteiger partial charge in [0.1, 0.15) is 0 Å². The summed E-state index contributed by atoms with van der Waals surface area (Å²) in [5, 5.41) is 6.03. The summed E-state index contributed by atoms with van der Waals surface area (Å²) in [6.07, 6.45) is 0. The molecule has 23 heavy (non-hydrogen) atoms. The Labute approximate surface area is 138 Å². The molecule has 1 aromatic carbocycles. The van der Waals surface area contributed by atoms with Crippen LogP contribution in [0.25, 0.3) is 0 Å². The molecule has 128 valence electrons. The van der Waals surface area contributed by atoms with E-state index in [1.165, 1.54) is 4.31 Å². The number of nitrogens with one attached hydrogen (secondary N) is 2. The fourth-order valence-electron chi connectivity index (χ4n) is 2.53. The minimum absolute atomic E-state index is 0.0380. The van der Waals surface area contributed by atoms with Gasteiger partial charge in [-0.2, -0.15) is 4.31 Å². The molecular weight excluding hydrogens is 314 g/mol. The molecule has 0 aliphatic carbocycles. The van der Waals surface area contributed by atoms with E-state index >= 15 is 0 Å². The Balaban J connectivity index is 2.07. The molecule has 1 atom stereocenters. The quantitative estimate of drug-likeness (QED) is 0.780. The lowest BCUT2D eigenvalue weighted by Crippen LogP contribution is -2.51. The van der Waals surface area contributed by atoms with Gasteiger partial charge in [0.05, 0.1) is 16.9 Å². The molecule has 1 unspecified atom stereocenters. The summed E-state index contributed by atoms with van der Waals surface area (Å²) in [5.41, 5.74) is 0.893. The van der Waals surface area contributed by atoms with Crippen LogP contribution < -0.4 is 10.6 Å². The number of sulfonamides is 1. The molecule has 1 aliphatic rings. The molecule has 1 aromatic rings. The molecule has 0 radical (unpaired) electrons. The predicted molar refractivity (Wildman–Crippen MR) is 89.5 cm³/mol. The van der Waals surface area contributed by atoms with E-state index in [0.717, 1.165) is 18.7 Å². The zero-order chi connectivity index (χ0) is 17.0. The third kappa shape index (κ3) is 3.91. The van der Waals surface area contributed by atoms with Crippen molar-refractivity contribution in [2.75, 3.05) is 26.2 Å². The van der Waals surface area contributed by atoms with E-state index in [1.54, 1.807) is 24.3 Å². The van der Waals surface area contributed by atoms with Crippen LogP contribution in [0.3, 0.4) is 0 Å². The lowest BCUT2D eigenvalue weighted by molar-refractivity contribution is -0.127. The Bertz CT molecular complexity index is 635. The van der Waals surface area contributed by atoms with Gasteiger partial charge in [0, 0.05) is 26.2 Å². The van der Waals surface area contributed by atoms with Gasteiger partial charge in [-0.1, -0.05) is 26.0 Å². The molecule has 1 amide bonds. The first kappa shape index (κ1) is 17.9. The monoisotopic (exact) mass is 339 g/mol. The maximum Gasteiger partial charge on any atom is 0.243 e. The molecule has 0 saturated carbocycles. The van der Waals surface area contributed by atoms with Gasteiger partial charge in [-0.05, 0) is 24.6 Å². The van der Waals surface area contributed by atoms with Crippen molar-refractivity contribution >= 4 is 15.9 Å². The minimum atomic E-state index is -3.44. The van der Waals surface area contributed by atoms with E-state index in [9.17, 15) is 13.2 Å². The Morgan fingerprint density at radius 1 is 1.26 bits per heavy atom. The Hall–Kier alpha value is -1.44. The lowest BCUT2D eigenvalue weighted by Gasteiger charge is -2.27. The van der Waals surface area contributed by atoms with Gasteiger partial charge < -0.3 is 10.6 Å². The predicted octanol–water partition coefficient (Wildman–Crippen LogP) is 1.11. The lowest BCUT2D eigenvalue weighted by atomic mass is 10.0. The smallest absolute Gasteiger partial charge is 0.243 e. The van der Waals surface area contributed by atoms with Crippen molar-refractivity contribution in [3.8, 4) is 0 Å². The van der Waals surface area contributed by atoms with Crippen LogP contribution in [0.15, 0.2) is 29.2 Å². The van der Waals surface area contributed by atoms with Gasteiger partial charge in [-0.25, -0.2) is 8.42 Å². The second-order valence-corrected chi connectivity index (χ2v) is 7.68. The number of rotatable bonds is 7. The van der Waals surface area contributed by atoms with Crippen LogP contribution in [0, 0.1) is 5.92 Å². The van der Waals surface area contributed by atoms with Crippen molar-refractivity contribution in [1.29, 1.82) is 0 Å². The highest BCUT2D eigenvalue weighted by molar-refractivity contribution is 7.89. The highest BCUT2D eigenvalue weighted by Crippen LogP contribution is 2.20. The number of benzene rings is 1. The Morgan fingerprint density at radius 2 is 1.83 bits per heavy atom. The minimum Gasteiger partial charge on any atom is -0.349 e.